The van der Waals surface area contributed by atoms with Crippen LogP contribution >= 0.6 is 0 Å². The van der Waals surface area contributed by atoms with E-state index in [2.05, 4.69) is 10.2 Å². The van der Waals surface area contributed by atoms with Crippen molar-refractivity contribution in [2.75, 3.05) is 56.7 Å². The number of piperazine rings is 1. The maximum absolute atomic E-state index is 12.2. The first-order valence-corrected chi connectivity index (χ1v) is 8.69. The van der Waals surface area contributed by atoms with E-state index in [1.165, 1.54) is 0 Å². The second-order valence-electron chi connectivity index (χ2n) is 7.25. The zero-order chi connectivity index (χ0) is 18.0. The summed E-state index contributed by atoms with van der Waals surface area (Å²) in [5.74, 6) is 1.65. The number of fused-ring (bicyclic) bond motifs is 1. The van der Waals surface area contributed by atoms with Crippen molar-refractivity contribution in [3.63, 3.8) is 0 Å². The fraction of sp³-hybridized carbons (Fsp3) is 0.611. The molecule has 2 heterocycles. The number of hydrogen-bond donors (Lipinski definition) is 1. The van der Waals surface area contributed by atoms with Crippen molar-refractivity contribution in [3.8, 4) is 11.5 Å². The van der Waals surface area contributed by atoms with E-state index in [0.29, 0.717) is 19.7 Å². The molecule has 1 aromatic rings. The lowest BCUT2D eigenvalue weighted by molar-refractivity contribution is 0.0240. The molecule has 1 saturated heterocycles. The van der Waals surface area contributed by atoms with Crippen LogP contribution in [0, 0.1) is 0 Å². The lowest BCUT2D eigenvalue weighted by Crippen LogP contribution is -2.50. The molecule has 0 aliphatic carbocycles. The third-order valence-corrected chi connectivity index (χ3v) is 4.21. The number of nitrogens with zero attached hydrogens (tertiary/aromatic N) is 2. The Balaban J connectivity index is 1.72. The minimum absolute atomic E-state index is 0.252. The van der Waals surface area contributed by atoms with Crippen LogP contribution in [0.3, 0.4) is 0 Å². The first kappa shape index (κ1) is 17.5. The highest BCUT2D eigenvalue weighted by Gasteiger charge is 2.28. The zero-order valence-electron chi connectivity index (χ0n) is 15.4. The second-order valence-corrected chi connectivity index (χ2v) is 7.25. The van der Waals surface area contributed by atoms with E-state index in [-0.39, 0.29) is 6.09 Å². The van der Waals surface area contributed by atoms with Gasteiger partial charge in [0.25, 0.3) is 0 Å². The fourth-order valence-corrected chi connectivity index (χ4v) is 3.02. The van der Waals surface area contributed by atoms with E-state index in [4.69, 9.17) is 14.2 Å². The molecule has 1 amide bonds. The van der Waals surface area contributed by atoms with Crippen molar-refractivity contribution in [3.05, 3.63) is 12.1 Å². The Labute approximate surface area is 148 Å². The standard InChI is InChI=1S/C18H27N3O4/c1-18(2,3)25-17(22)21-8-6-20(7-9-21)15-12-13(23-4)11-14-16(15)24-10-5-19-14/h11-12,19H,5-10H2,1-4H3. The average molecular weight is 349 g/mol. The third-order valence-electron chi connectivity index (χ3n) is 4.21. The molecule has 3 rings (SSSR count). The molecule has 0 saturated carbocycles. The van der Waals surface area contributed by atoms with Crippen LogP contribution < -0.4 is 19.7 Å². The Morgan fingerprint density at radius 3 is 2.56 bits per heavy atom. The maximum Gasteiger partial charge on any atom is 0.410 e. The summed E-state index contributed by atoms with van der Waals surface area (Å²) < 4.78 is 16.8. The molecule has 0 spiro atoms. The number of carbonyl (C=O) groups is 1. The van der Waals surface area contributed by atoms with E-state index in [1.54, 1.807) is 12.0 Å². The molecule has 7 heteroatoms. The van der Waals surface area contributed by atoms with Crippen molar-refractivity contribution in [1.82, 2.24) is 4.90 Å². The summed E-state index contributed by atoms with van der Waals surface area (Å²) in [7, 11) is 1.66. The van der Waals surface area contributed by atoms with Gasteiger partial charge >= 0.3 is 6.09 Å². The van der Waals surface area contributed by atoms with Crippen molar-refractivity contribution in [2.45, 2.75) is 26.4 Å². The summed E-state index contributed by atoms with van der Waals surface area (Å²) in [5, 5.41) is 3.35. The molecule has 0 unspecified atom stereocenters. The molecule has 25 heavy (non-hydrogen) atoms. The number of rotatable bonds is 2. The number of benzene rings is 1. The van der Waals surface area contributed by atoms with Gasteiger partial charge in [-0.05, 0) is 20.8 Å². The summed E-state index contributed by atoms with van der Waals surface area (Å²) in [6, 6.07) is 3.95. The van der Waals surface area contributed by atoms with E-state index < -0.39 is 5.60 Å². The van der Waals surface area contributed by atoms with Crippen LogP contribution in [0.1, 0.15) is 20.8 Å². The van der Waals surface area contributed by atoms with Gasteiger partial charge in [-0.2, -0.15) is 0 Å². The monoisotopic (exact) mass is 349 g/mol. The maximum atomic E-state index is 12.2. The Kier molecular flexibility index (Phi) is 4.83. The number of anilines is 2. The molecule has 2 aliphatic rings. The molecule has 1 N–H and O–H groups in total. The van der Waals surface area contributed by atoms with Crippen LogP contribution in [0.2, 0.25) is 0 Å². The highest BCUT2D eigenvalue weighted by Crippen LogP contribution is 2.41. The Bertz CT molecular complexity index is 634. The lowest BCUT2D eigenvalue weighted by atomic mass is 10.1. The number of carbonyl (C=O) groups excluding carboxylic acids is 1. The molecule has 1 aromatic carbocycles. The minimum atomic E-state index is -0.473. The number of hydrogen-bond acceptors (Lipinski definition) is 6. The molecular formula is C18H27N3O4. The highest BCUT2D eigenvalue weighted by molar-refractivity contribution is 5.76. The minimum Gasteiger partial charge on any atom is -0.497 e. The molecule has 0 bridgehead atoms. The van der Waals surface area contributed by atoms with Gasteiger partial charge < -0.3 is 29.3 Å². The Hall–Kier alpha value is -2.31. The molecule has 0 aromatic heterocycles. The SMILES string of the molecule is COc1cc2c(c(N3CCN(C(=O)OC(C)(C)C)CC3)c1)OCCN2. The number of amides is 1. The quantitative estimate of drug-likeness (QED) is 0.885. The van der Waals surface area contributed by atoms with Crippen molar-refractivity contribution in [2.24, 2.45) is 0 Å². The predicted octanol–water partition coefficient (Wildman–Crippen LogP) is 2.56. The topological polar surface area (TPSA) is 63.3 Å². The summed E-state index contributed by atoms with van der Waals surface area (Å²) in [6.45, 7) is 9.76. The van der Waals surface area contributed by atoms with Crippen LogP contribution in [0.5, 0.6) is 11.5 Å². The van der Waals surface area contributed by atoms with Crippen LogP contribution in [-0.2, 0) is 4.74 Å². The number of nitrogens with one attached hydrogen (secondary N) is 1. The van der Waals surface area contributed by atoms with Gasteiger partial charge in [-0.3, -0.25) is 0 Å². The lowest BCUT2D eigenvalue weighted by Gasteiger charge is -2.38. The van der Waals surface area contributed by atoms with Crippen LogP contribution in [0.15, 0.2) is 12.1 Å². The van der Waals surface area contributed by atoms with E-state index in [9.17, 15) is 4.79 Å². The molecule has 0 radical (unpaired) electrons. The van der Waals surface area contributed by atoms with E-state index in [1.807, 2.05) is 32.9 Å². The largest absolute Gasteiger partial charge is 0.497 e. The first-order valence-electron chi connectivity index (χ1n) is 8.69. The molecule has 1 fully saturated rings. The van der Waals surface area contributed by atoms with Gasteiger partial charge in [-0.1, -0.05) is 0 Å². The molecule has 0 atom stereocenters. The highest BCUT2D eigenvalue weighted by atomic mass is 16.6. The van der Waals surface area contributed by atoms with Gasteiger partial charge in [0.15, 0.2) is 5.75 Å². The van der Waals surface area contributed by atoms with Crippen LogP contribution in [-0.4, -0.2) is 63.0 Å². The third kappa shape index (κ3) is 4.03. The van der Waals surface area contributed by atoms with E-state index in [0.717, 1.165) is 42.5 Å². The van der Waals surface area contributed by atoms with Crippen molar-refractivity contribution >= 4 is 17.5 Å². The summed E-state index contributed by atoms with van der Waals surface area (Å²) >= 11 is 0. The zero-order valence-corrected chi connectivity index (χ0v) is 15.4. The number of methoxy groups -OCH3 is 1. The smallest absolute Gasteiger partial charge is 0.410 e. The second kappa shape index (κ2) is 6.90. The van der Waals surface area contributed by atoms with Gasteiger partial charge in [-0.15, -0.1) is 0 Å². The summed E-state index contributed by atoms with van der Waals surface area (Å²) in [4.78, 5) is 16.2. The molecule has 7 nitrogen and oxygen atoms in total. The molecule has 2 aliphatic heterocycles. The normalized spacial score (nSPS) is 17.3. The van der Waals surface area contributed by atoms with E-state index >= 15 is 0 Å². The molecule has 138 valence electrons. The molecular weight excluding hydrogens is 322 g/mol. The van der Waals surface area contributed by atoms with Gasteiger partial charge in [-0.25, -0.2) is 4.79 Å². The van der Waals surface area contributed by atoms with Gasteiger partial charge in [0.2, 0.25) is 0 Å². The Morgan fingerprint density at radius 2 is 1.92 bits per heavy atom. The van der Waals surface area contributed by atoms with Crippen LogP contribution in [0.25, 0.3) is 0 Å². The van der Waals surface area contributed by atoms with Gasteiger partial charge in [0.05, 0.1) is 18.5 Å². The summed E-state index contributed by atoms with van der Waals surface area (Å²) in [5.41, 5.74) is 1.49. The Morgan fingerprint density at radius 1 is 1.20 bits per heavy atom. The first-order chi connectivity index (χ1) is 11.9. The van der Waals surface area contributed by atoms with Crippen molar-refractivity contribution < 1.29 is 19.0 Å². The predicted molar refractivity (Wildman–Crippen MR) is 97.0 cm³/mol. The van der Waals surface area contributed by atoms with Crippen LogP contribution in [0.4, 0.5) is 16.2 Å². The average Bonchev–Trinajstić information content (AvgIpc) is 2.59. The number of ether oxygens (including phenoxy) is 3. The van der Waals surface area contributed by atoms with Gasteiger partial charge in [0.1, 0.15) is 18.0 Å². The summed E-state index contributed by atoms with van der Waals surface area (Å²) in [6.07, 6.45) is -0.252. The fourth-order valence-electron chi connectivity index (χ4n) is 3.02. The van der Waals surface area contributed by atoms with Crippen molar-refractivity contribution in [1.29, 1.82) is 0 Å². The van der Waals surface area contributed by atoms with Gasteiger partial charge in [0, 0.05) is 44.9 Å².